The number of hydrogen-bond donors (Lipinski definition) is 6. The molecule has 3 heterocycles. The van der Waals surface area contributed by atoms with Gasteiger partial charge in [0.2, 0.25) is 0 Å². The molecule has 47 heavy (non-hydrogen) atoms. The number of halogens is 3. The number of oxime groups is 1. The maximum atomic E-state index is 13.8. The largest absolute Gasteiger partial charge is 0.489 e. The van der Waals surface area contributed by atoms with Crippen LogP contribution in [0.2, 0.25) is 0 Å². The van der Waals surface area contributed by atoms with Crippen molar-refractivity contribution in [3.63, 3.8) is 0 Å². The third-order valence-corrected chi connectivity index (χ3v) is 8.88. The van der Waals surface area contributed by atoms with Gasteiger partial charge in [0.1, 0.15) is 34.8 Å². The number of amidine groups is 1. The molecule has 256 valence electrons. The molecule has 4 rings (SSSR count). The van der Waals surface area contributed by atoms with Crippen LogP contribution in [0.5, 0.6) is 5.75 Å². The number of hydrogen-bond acceptors (Lipinski definition) is 13. The van der Waals surface area contributed by atoms with Crippen molar-refractivity contribution in [3.05, 3.63) is 40.4 Å². The fourth-order valence-electron chi connectivity index (χ4n) is 4.56. The molecule has 8 N–H and O–H groups in total. The normalized spacial score (nSPS) is 20.4. The molecule has 0 spiro atoms. The van der Waals surface area contributed by atoms with Gasteiger partial charge in [-0.15, -0.1) is 0 Å². The number of thiazole rings is 1. The lowest BCUT2D eigenvalue weighted by atomic mass is 10.0. The molecule has 2 aromatic rings. The number of piperidine rings is 1. The Balaban J connectivity index is 1.52. The minimum atomic E-state index is -5.10. The summed E-state index contributed by atoms with van der Waals surface area (Å²) in [7, 11) is -4.99. The second-order valence-electron chi connectivity index (χ2n) is 10.2. The molecule has 2 saturated heterocycles. The van der Waals surface area contributed by atoms with Gasteiger partial charge >= 0.3 is 22.4 Å². The number of carbonyl (C=O) groups is 3. The molecule has 0 radical (unpaired) electrons. The molecule has 1 unspecified atom stereocenters. The molecule has 0 bridgehead atoms. The summed E-state index contributed by atoms with van der Waals surface area (Å²) in [5.41, 5.74) is 9.77. The highest BCUT2D eigenvalue weighted by atomic mass is 32.2. The van der Waals surface area contributed by atoms with Crippen LogP contribution in [0, 0.1) is 0 Å². The average molecular weight is 707 g/mol. The van der Waals surface area contributed by atoms with Gasteiger partial charge in [-0.05, 0) is 57.1 Å². The maximum absolute atomic E-state index is 13.8. The number of anilines is 1. The van der Waals surface area contributed by atoms with Gasteiger partial charge in [0.15, 0.2) is 10.8 Å². The number of aliphatic carboxylic acids is 1. The third-order valence-electron chi connectivity index (χ3n) is 6.94. The van der Waals surface area contributed by atoms with Crippen LogP contribution in [0.25, 0.3) is 0 Å². The number of rotatable bonds is 12. The van der Waals surface area contributed by atoms with E-state index in [-0.39, 0.29) is 27.4 Å². The Morgan fingerprint density at radius 3 is 2.45 bits per heavy atom. The number of β-lactam (4-membered cyclic amide) rings is 1. The zero-order valence-corrected chi connectivity index (χ0v) is 25.9. The minimum Gasteiger partial charge on any atom is -0.489 e. The molecular weight excluding hydrogens is 677 g/mol. The van der Waals surface area contributed by atoms with Crippen LogP contribution >= 0.6 is 11.3 Å². The summed E-state index contributed by atoms with van der Waals surface area (Å²) in [6.45, 7) is 2.04. The van der Waals surface area contributed by atoms with E-state index in [9.17, 15) is 41.1 Å². The predicted molar refractivity (Wildman–Crippen MR) is 159 cm³/mol. The predicted octanol–water partition coefficient (Wildman–Crippen LogP) is -0.0274. The number of nitrogens with zero attached hydrogens (tertiary/aromatic N) is 4. The Hall–Kier alpha value is -4.54. The minimum absolute atomic E-state index is 0.0349. The monoisotopic (exact) mass is 706 g/mol. The lowest BCUT2D eigenvalue weighted by molar-refractivity contribution is -0.152. The first-order valence-corrected chi connectivity index (χ1v) is 15.9. The first-order valence-electron chi connectivity index (χ1n) is 13.7. The van der Waals surface area contributed by atoms with Crippen LogP contribution in [-0.4, -0.2) is 101 Å². The highest BCUT2D eigenvalue weighted by Gasteiger charge is 2.52. The zero-order chi connectivity index (χ0) is 34.7. The molecule has 2 aliphatic rings. The van der Waals surface area contributed by atoms with Crippen LogP contribution in [0.15, 0.2) is 34.4 Å². The number of carboxylic acid groups (broad SMARTS) is 1. The molecule has 1 aromatic carbocycles. The SMILES string of the molecule is C[C@@H]1[C@H](NC(=O)C(=NOC(COc2ccc(C(N)=NC3CCNCC3)cc2)C(=O)O)c2nc(N)sc2C(F)(F)F)C(=O)N1S(=O)(=O)O. The summed E-state index contributed by atoms with van der Waals surface area (Å²) in [6.07, 6.45) is -5.41. The highest BCUT2D eigenvalue weighted by Crippen LogP contribution is 2.38. The van der Waals surface area contributed by atoms with Crippen LogP contribution in [0.3, 0.4) is 0 Å². The molecule has 2 aliphatic heterocycles. The number of benzene rings is 1. The number of nitrogens with one attached hydrogen (secondary N) is 2. The molecule has 2 amide bonds. The van der Waals surface area contributed by atoms with Crippen molar-refractivity contribution in [3.8, 4) is 5.75 Å². The van der Waals surface area contributed by atoms with Crippen molar-refractivity contribution in [1.82, 2.24) is 19.9 Å². The topological polar surface area (TPSA) is 261 Å². The number of carboxylic acids is 1. The van der Waals surface area contributed by atoms with Crippen molar-refractivity contribution in [1.29, 1.82) is 0 Å². The van der Waals surface area contributed by atoms with E-state index in [1.807, 2.05) is 5.32 Å². The van der Waals surface area contributed by atoms with Gasteiger partial charge in [-0.25, -0.2) is 14.1 Å². The zero-order valence-electron chi connectivity index (χ0n) is 24.3. The lowest BCUT2D eigenvalue weighted by Gasteiger charge is -2.42. The number of aromatic nitrogens is 1. The van der Waals surface area contributed by atoms with E-state index in [0.29, 0.717) is 11.4 Å². The molecule has 22 heteroatoms. The summed E-state index contributed by atoms with van der Waals surface area (Å²) in [4.78, 5) is 48.7. The maximum Gasteiger partial charge on any atom is 0.427 e. The van der Waals surface area contributed by atoms with E-state index in [1.165, 1.54) is 12.1 Å². The highest BCUT2D eigenvalue weighted by molar-refractivity contribution is 7.84. The number of alkyl halides is 3. The Morgan fingerprint density at radius 1 is 1.26 bits per heavy atom. The Morgan fingerprint density at radius 2 is 1.89 bits per heavy atom. The van der Waals surface area contributed by atoms with Gasteiger partial charge in [0.25, 0.3) is 17.9 Å². The van der Waals surface area contributed by atoms with Crippen LogP contribution in [0.1, 0.15) is 35.9 Å². The van der Waals surface area contributed by atoms with Crippen LogP contribution in [0.4, 0.5) is 18.3 Å². The van der Waals surface area contributed by atoms with Gasteiger partial charge in [-0.3, -0.25) is 19.1 Å². The molecule has 1 aromatic heterocycles. The van der Waals surface area contributed by atoms with Crippen molar-refractivity contribution in [2.75, 3.05) is 25.4 Å². The Kier molecular flexibility index (Phi) is 10.6. The first-order chi connectivity index (χ1) is 22.0. The first kappa shape index (κ1) is 35.3. The van der Waals surface area contributed by atoms with E-state index in [1.54, 1.807) is 12.1 Å². The Labute approximate surface area is 268 Å². The fourth-order valence-corrected chi connectivity index (χ4v) is 6.14. The molecule has 3 atom stereocenters. The van der Waals surface area contributed by atoms with E-state index >= 15 is 0 Å². The standard InChI is InChI=1S/C25H29F3N8O9S2/c1-11-16(22(38)36(11)47(41,42)43)33-21(37)18(17-19(25(26,27)28)46-24(30)34-17)35-45-15(23(39)40)10-44-14-4-2-12(3-5-14)20(29)32-13-6-8-31-9-7-13/h2-5,11,13,15-16,31H,6-10H2,1H3,(H2,29,32)(H2,30,34)(H,33,37)(H,39,40)(H,41,42,43)/t11-,15?,16+/m1/s1. The van der Waals surface area contributed by atoms with Crippen LogP contribution in [-0.2, 0) is 35.7 Å². The summed E-state index contributed by atoms with van der Waals surface area (Å²) in [6, 6.07) is 3.23. The second-order valence-corrected chi connectivity index (χ2v) is 12.6. The number of nitrogen functional groups attached to an aromatic ring is 1. The lowest BCUT2D eigenvalue weighted by Crippen LogP contribution is -2.71. The molecule has 2 fully saturated rings. The van der Waals surface area contributed by atoms with Crippen LogP contribution < -0.4 is 26.8 Å². The smallest absolute Gasteiger partial charge is 0.427 e. The van der Waals surface area contributed by atoms with Gasteiger partial charge in [-0.1, -0.05) is 16.5 Å². The number of amides is 2. The van der Waals surface area contributed by atoms with E-state index in [0.717, 1.165) is 32.9 Å². The van der Waals surface area contributed by atoms with Gasteiger partial charge in [0.05, 0.1) is 12.1 Å². The summed E-state index contributed by atoms with van der Waals surface area (Å²) < 4.78 is 78.7. The number of carbonyl (C=O) groups excluding carboxylic acids is 2. The third kappa shape index (κ3) is 8.44. The van der Waals surface area contributed by atoms with E-state index < -0.39 is 80.5 Å². The summed E-state index contributed by atoms with van der Waals surface area (Å²) in [5, 5.41) is 17.6. The van der Waals surface area contributed by atoms with E-state index in [4.69, 9.17) is 25.6 Å². The van der Waals surface area contributed by atoms with Gasteiger partial charge in [-0.2, -0.15) is 21.6 Å². The second kappa shape index (κ2) is 14.1. The van der Waals surface area contributed by atoms with Crippen molar-refractivity contribution < 1.29 is 55.2 Å². The van der Waals surface area contributed by atoms with Crippen molar-refractivity contribution in [2.45, 2.75) is 50.2 Å². The summed E-state index contributed by atoms with van der Waals surface area (Å²) in [5.74, 6) is -4.04. The van der Waals surface area contributed by atoms with E-state index in [2.05, 4.69) is 20.4 Å². The van der Waals surface area contributed by atoms with Crippen molar-refractivity contribution in [2.24, 2.45) is 15.9 Å². The molecular formula is C25H29F3N8O9S2. The quantitative estimate of drug-likeness (QED) is 0.0558. The molecule has 0 aliphatic carbocycles. The molecule has 17 nitrogen and oxygen atoms in total. The van der Waals surface area contributed by atoms with Gasteiger partial charge < -0.3 is 36.8 Å². The van der Waals surface area contributed by atoms with Gasteiger partial charge in [0, 0.05) is 5.56 Å². The Bertz CT molecular complexity index is 1680. The number of aliphatic imine (C=N–C) groups is 1. The fraction of sp³-hybridized carbons (Fsp3) is 0.440. The van der Waals surface area contributed by atoms with Crippen molar-refractivity contribution >= 4 is 56.1 Å². The average Bonchev–Trinajstić information content (AvgIpc) is 3.39. The summed E-state index contributed by atoms with van der Waals surface area (Å²) >= 11 is -0.0522. The number of ether oxygens (including phenoxy) is 1. The number of nitrogens with two attached hydrogens (primary N) is 2. The molecule has 0 saturated carbocycles.